The zero-order chi connectivity index (χ0) is 11.9. The average molecular weight is 220 g/mol. The minimum atomic E-state index is -1.43. The Morgan fingerprint density at radius 1 is 1.00 bits per heavy atom. The molecule has 0 amide bonds. The van der Waals surface area contributed by atoms with Crippen molar-refractivity contribution in [3.8, 4) is 0 Å². The van der Waals surface area contributed by atoms with Crippen LogP contribution in [0.25, 0.3) is 0 Å². The van der Waals surface area contributed by atoms with Crippen LogP contribution in [-0.4, -0.2) is 48.6 Å². The Balaban J connectivity index is 4.24. The van der Waals surface area contributed by atoms with Crippen LogP contribution in [0.1, 0.15) is 13.8 Å². The standard InChI is InChI=1S/C9H16O6/c1-9(2,7(12)14-5-3-10)8(13)15-6-4-11/h10-11H,3-6H2,1-2H3. The Hall–Kier alpha value is -1.14. The molecule has 0 atom stereocenters. The highest BCUT2D eigenvalue weighted by Crippen LogP contribution is 2.19. The number of hydrogen-bond donors (Lipinski definition) is 2. The molecule has 0 aliphatic carbocycles. The molecule has 0 saturated heterocycles. The minimum Gasteiger partial charge on any atom is -0.462 e. The molecule has 0 rings (SSSR count). The topological polar surface area (TPSA) is 93.1 Å². The maximum atomic E-state index is 11.3. The van der Waals surface area contributed by atoms with E-state index in [9.17, 15) is 9.59 Å². The van der Waals surface area contributed by atoms with E-state index in [-0.39, 0.29) is 26.4 Å². The van der Waals surface area contributed by atoms with E-state index in [0.29, 0.717) is 0 Å². The van der Waals surface area contributed by atoms with Crippen LogP contribution in [0, 0.1) is 5.41 Å². The van der Waals surface area contributed by atoms with Crippen LogP contribution < -0.4 is 0 Å². The first-order chi connectivity index (χ1) is 6.96. The molecule has 0 bridgehead atoms. The monoisotopic (exact) mass is 220 g/mol. The van der Waals surface area contributed by atoms with E-state index >= 15 is 0 Å². The summed E-state index contributed by atoms with van der Waals surface area (Å²) < 4.78 is 9.21. The van der Waals surface area contributed by atoms with Crippen molar-refractivity contribution in [2.45, 2.75) is 13.8 Å². The molecule has 0 fully saturated rings. The van der Waals surface area contributed by atoms with Gasteiger partial charge in [-0.3, -0.25) is 9.59 Å². The van der Waals surface area contributed by atoms with Gasteiger partial charge in [-0.1, -0.05) is 0 Å². The lowest BCUT2D eigenvalue weighted by molar-refractivity contribution is -0.170. The number of aliphatic hydroxyl groups excluding tert-OH is 2. The van der Waals surface area contributed by atoms with Crippen LogP contribution in [0.2, 0.25) is 0 Å². The van der Waals surface area contributed by atoms with E-state index in [4.69, 9.17) is 10.2 Å². The van der Waals surface area contributed by atoms with Gasteiger partial charge in [-0.15, -0.1) is 0 Å². The summed E-state index contributed by atoms with van der Waals surface area (Å²) in [5, 5.41) is 16.9. The van der Waals surface area contributed by atoms with Gasteiger partial charge in [0.25, 0.3) is 0 Å². The normalized spacial score (nSPS) is 10.9. The second-order valence-electron chi connectivity index (χ2n) is 3.34. The third-order valence-electron chi connectivity index (χ3n) is 1.67. The van der Waals surface area contributed by atoms with Gasteiger partial charge in [0, 0.05) is 0 Å². The first-order valence-corrected chi connectivity index (χ1v) is 4.53. The smallest absolute Gasteiger partial charge is 0.322 e. The number of ether oxygens (including phenoxy) is 2. The van der Waals surface area contributed by atoms with Gasteiger partial charge < -0.3 is 19.7 Å². The summed E-state index contributed by atoms with van der Waals surface area (Å²) in [4.78, 5) is 22.7. The fraction of sp³-hybridized carbons (Fsp3) is 0.778. The number of aliphatic hydroxyl groups is 2. The van der Waals surface area contributed by atoms with Crippen LogP contribution in [0.5, 0.6) is 0 Å². The Bertz CT molecular complexity index is 201. The first-order valence-electron chi connectivity index (χ1n) is 4.53. The summed E-state index contributed by atoms with van der Waals surface area (Å²) in [5.41, 5.74) is -1.43. The summed E-state index contributed by atoms with van der Waals surface area (Å²) in [6, 6.07) is 0. The van der Waals surface area contributed by atoms with Crippen LogP contribution in [0.4, 0.5) is 0 Å². The molecule has 0 aliphatic rings. The highest BCUT2D eigenvalue weighted by molar-refractivity contribution is 5.99. The molecule has 0 heterocycles. The van der Waals surface area contributed by atoms with Crippen molar-refractivity contribution in [2.75, 3.05) is 26.4 Å². The van der Waals surface area contributed by atoms with Gasteiger partial charge in [-0.2, -0.15) is 0 Å². The summed E-state index contributed by atoms with van der Waals surface area (Å²) in [6.07, 6.45) is 0. The largest absolute Gasteiger partial charge is 0.462 e. The van der Waals surface area contributed by atoms with E-state index in [1.165, 1.54) is 13.8 Å². The predicted molar refractivity (Wildman–Crippen MR) is 49.9 cm³/mol. The fourth-order valence-corrected chi connectivity index (χ4v) is 0.721. The highest BCUT2D eigenvalue weighted by Gasteiger charge is 2.39. The fourth-order valence-electron chi connectivity index (χ4n) is 0.721. The van der Waals surface area contributed by atoms with Crippen LogP contribution in [-0.2, 0) is 19.1 Å². The van der Waals surface area contributed by atoms with Gasteiger partial charge in [0.05, 0.1) is 13.2 Å². The lowest BCUT2D eigenvalue weighted by Gasteiger charge is -2.20. The van der Waals surface area contributed by atoms with Gasteiger partial charge in [-0.05, 0) is 13.8 Å². The quantitative estimate of drug-likeness (QED) is 0.444. The van der Waals surface area contributed by atoms with Crippen molar-refractivity contribution in [2.24, 2.45) is 5.41 Å². The second kappa shape index (κ2) is 6.36. The molecule has 15 heavy (non-hydrogen) atoms. The summed E-state index contributed by atoms with van der Waals surface area (Å²) in [7, 11) is 0. The van der Waals surface area contributed by atoms with Crippen molar-refractivity contribution in [1.82, 2.24) is 0 Å². The summed E-state index contributed by atoms with van der Waals surface area (Å²) in [6.45, 7) is 1.80. The third-order valence-corrected chi connectivity index (χ3v) is 1.67. The van der Waals surface area contributed by atoms with Gasteiger partial charge in [-0.25, -0.2) is 0 Å². The molecule has 0 unspecified atom stereocenters. The molecule has 6 heteroatoms. The molecule has 0 saturated carbocycles. The average Bonchev–Trinajstić information content (AvgIpc) is 2.21. The maximum absolute atomic E-state index is 11.3. The summed E-state index contributed by atoms with van der Waals surface area (Å²) >= 11 is 0. The van der Waals surface area contributed by atoms with Crippen molar-refractivity contribution in [3.63, 3.8) is 0 Å². The second-order valence-corrected chi connectivity index (χ2v) is 3.34. The van der Waals surface area contributed by atoms with Gasteiger partial charge in [0.15, 0.2) is 5.41 Å². The number of esters is 2. The maximum Gasteiger partial charge on any atom is 0.322 e. The van der Waals surface area contributed by atoms with Gasteiger partial charge in [0.2, 0.25) is 0 Å². The number of hydrogen-bond acceptors (Lipinski definition) is 6. The zero-order valence-corrected chi connectivity index (χ0v) is 8.86. The third kappa shape index (κ3) is 4.26. The van der Waals surface area contributed by atoms with Crippen LogP contribution in [0.3, 0.4) is 0 Å². The van der Waals surface area contributed by atoms with E-state index < -0.39 is 17.4 Å². The molecule has 0 aromatic heterocycles. The van der Waals surface area contributed by atoms with Crippen LogP contribution >= 0.6 is 0 Å². The number of rotatable bonds is 6. The SMILES string of the molecule is CC(C)(C(=O)OCCO)C(=O)OCCO. The lowest BCUT2D eigenvalue weighted by Crippen LogP contribution is -2.37. The molecule has 6 nitrogen and oxygen atoms in total. The Kier molecular flexibility index (Phi) is 5.88. The van der Waals surface area contributed by atoms with Crippen molar-refractivity contribution >= 4 is 11.9 Å². The van der Waals surface area contributed by atoms with E-state index in [2.05, 4.69) is 9.47 Å². The van der Waals surface area contributed by atoms with E-state index in [1.54, 1.807) is 0 Å². The highest BCUT2D eigenvalue weighted by atomic mass is 16.6. The Morgan fingerprint density at radius 2 is 1.33 bits per heavy atom. The molecule has 0 spiro atoms. The zero-order valence-electron chi connectivity index (χ0n) is 8.86. The molecule has 0 radical (unpaired) electrons. The molecule has 88 valence electrons. The van der Waals surface area contributed by atoms with E-state index in [1.807, 2.05) is 0 Å². The number of carbonyl (C=O) groups excluding carboxylic acids is 2. The van der Waals surface area contributed by atoms with Crippen molar-refractivity contribution < 1.29 is 29.3 Å². The predicted octanol–water partition coefficient (Wildman–Crippen LogP) is -0.916. The van der Waals surface area contributed by atoms with Crippen LogP contribution in [0.15, 0.2) is 0 Å². The van der Waals surface area contributed by atoms with Crippen molar-refractivity contribution in [3.05, 3.63) is 0 Å². The first kappa shape index (κ1) is 13.9. The lowest BCUT2D eigenvalue weighted by atomic mass is 9.94. The molecule has 0 aliphatic heterocycles. The molecule has 0 aromatic rings. The molecular weight excluding hydrogens is 204 g/mol. The van der Waals surface area contributed by atoms with Gasteiger partial charge in [0.1, 0.15) is 13.2 Å². The Morgan fingerprint density at radius 3 is 1.60 bits per heavy atom. The minimum absolute atomic E-state index is 0.157. The number of carbonyl (C=O) groups is 2. The van der Waals surface area contributed by atoms with Gasteiger partial charge >= 0.3 is 11.9 Å². The molecule has 2 N–H and O–H groups in total. The summed E-state index contributed by atoms with van der Waals surface area (Å²) in [5.74, 6) is -1.53. The Labute approximate surface area is 87.8 Å². The molecule has 0 aromatic carbocycles. The molecular formula is C9H16O6. The van der Waals surface area contributed by atoms with Crippen molar-refractivity contribution in [1.29, 1.82) is 0 Å². The van der Waals surface area contributed by atoms with E-state index in [0.717, 1.165) is 0 Å².